The molecule has 0 N–H and O–H groups in total. The lowest BCUT2D eigenvalue weighted by Crippen LogP contribution is -2.45. The summed E-state index contributed by atoms with van der Waals surface area (Å²) >= 11 is 0. The molecule has 2 saturated heterocycles. The number of hydrogen-bond acceptors (Lipinski definition) is 2. The zero-order valence-electron chi connectivity index (χ0n) is 11.2. The Bertz CT molecular complexity index is 494. The molecule has 2 aliphatic heterocycles. The Labute approximate surface area is 116 Å². The minimum Gasteiger partial charge on any atom is -0.378 e. The summed E-state index contributed by atoms with van der Waals surface area (Å²) in [7, 11) is 0. The SMILES string of the molecule is Fc1cc(F)c(CN2CC[C@@H]3OCCC[C@H]3C2)cc1F. The molecule has 5 heteroatoms. The van der Waals surface area contributed by atoms with E-state index in [9.17, 15) is 13.2 Å². The lowest BCUT2D eigenvalue weighted by atomic mass is 9.88. The molecule has 1 aromatic carbocycles. The van der Waals surface area contributed by atoms with Gasteiger partial charge in [-0.1, -0.05) is 0 Å². The maximum atomic E-state index is 13.7. The van der Waals surface area contributed by atoms with Crippen LogP contribution in [0.1, 0.15) is 24.8 Å². The molecule has 0 aliphatic carbocycles. The Kier molecular flexibility index (Phi) is 3.98. The molecule has 2 fully saturated rings. The fourth-order valence-electron chi connectivity index (χ4n) is 3.23. The highest BCUT2D eigenvalue weighted by Crippen LogP contribution is 2.29. The summed E-state index contributed by atoms with van der Waals surface area (Å²) < 4.78 is 45.5. The van der Waals surface area contributed by atoms with Crippen molar-refractivity contribution in [3.63, 3.8) is 0 Å². The van der Waals surface area contributed by atoms with Crippen molar-refractivity contribution in [1.29, 1.82) is 0 Å². The third kappa shape index (κ3) is 2.83. The number of piperidine rings is 1. The van der Waals surface area contributed by atoms with Crippen LogP contribution >= 0.6 is 0 Å². The largest absolute Gasteiger partial charge is 0.378 e. The fraction of sp³-hybridized carbons (Fsp3) is 0.600. The van der Waals surface area contributed by atoms with E-state index in [2.05, 4.69) is 4.90 Å². The minimum absolute atomic E-state index is 0.221. The highest BCUT2D eigenvalue weighted by atomic mass is 19.2. The number of fused-ring (bicyclic) bond motifs is 1. The second kappa shape index (κ2) is 5.74. The van der Waals surface area contributed by atoms with E-state index < -0.39 is 17.5 Å². The van der Waals surface area contributed by atoms with Crippen LogP contribution in [0, 0.1) is 23.4 Å². The van der Waals surface area contributed by atoms with Gasteiger partial charge < -0.3 is 4.74 Å². The number of ether oxygens (including phenoxy) is 1. The van der Waals surface area contributed by atoms with Crippen molar-refractivity contribution in [2.45, 2.75) is 31.9 Å². The Morgan fingerprint density at radius 2 is 1.90 bits per heavy atom. The first kappa shape index (κ1) is 13.9. The Morgan fingerprint density at radius 1 is 1.10 bits per heavy atom. The van der Waals surface area contributed by atoms with Crippen molar-refractivity contribution >= 4 is 0 Å². The zero-order valence-corrected chi connectivity index (χ0v) is 11.2. The topological polar surface area (TPSA) is 12.5 Å². The molecule has 0 amide bonds. The molecule has 0 radical (unpaired) electrons. The van der Waals surface area contributed by atoms with Gasteiger partial charge in [-0.05, 0) is 31.2 Å². The Balaban J connectivity index is 1.68. The monoisotopic (exact) mass is 285 g/mol. The summed E-state index contributed by atoms with van der Waals surface area (Å²) in [6, 6.07) is 1.59. The Morgan fingerprint density at radius 3 is 2.75 bits per heavy atom. The normalized spacial score (nSPS) is 27.4. The summed E-state index contributed by atoms with van der Waals surface area (Å²) in [6.45, 7) is 2.80. The van der Waals surface area contributed by atoms with E-state index in [-0.39, 0.29) is 5.56 Å². The molecule has 20 heavy (non-hydrogen) atoms. The average Bonchev–Trinajstić information content (AvgIpc) is 2.44. The lowest BCUT2D eigenvalue weighted by Gasteiger charge is -2.41. The van der Waals surface area contributed by atoms with Gasteiger partial charge in [-0.25, -0.2) is 13.2 Å². The minimum atomic E-state index is -1.13. The highest BCUT2D eigenvalue weighted by molar-refractivity contribution is 5.20. The van der Waals surface area contributed by atoms with E-state index >= 15 is 0 Å². The summed E-state index contributed by atoms with van der Waals surface area (Å²) in [5.74, 6) is -2.32. The van der Waals surface area contributed by atoms with E-state index in [4.69, 9.17) is 4.74 Å². The van der Waals surface area contributed by atoms with Crippen LogP contribution in [0.4, 0.5) is 13.2 Å². The van der Waals surface area contributed by atoms with E-state index in [0.29, 0.717) is 24.6 Å². The van der Waals surface area contributed by atoms with Gasteiger partial charge >= 0.3 is 0 Å². The molecule has 2 heterocycles. The van der Waals surface area contributed by atoms with Crippen molar-refractivity contribution in [3.8, 4) is 0 Å². The second-order valence-corrected chi connectivity index (χ2v) is 5.69. The molecule has 2 atom stereocenters. The van der Waals surface area contributed by atoms with Gasteiger partial charge in [0.05, 0.1) is 6.10 Å². The van der Waals surface area contributed by atoms with Crippen molar-refractivity contribution in [3.05, 3.63) is 35.1 Å². The molecule has 0 unspecified atom stereocenters. The van der Waals surface area contributed by atoms with Gasteiger partial charge in [-0.2, -0.15) is 0 Å². The van der Waals surface area contributed by atoms with Crippen LogP contribution in [-0.2, 0) is 11.3 Å². The van der Waals surface area contributed by atoms with E-state index in [1.807, 2.05) is 0 Å². The van der Waals surface area contributed by atoms with E-state index in [0.717, 1.165) is 45.0 Å². The summed E-state index contributed by atoms with van der Waals surface area (Å²) in [5, 5.41) is 0. The smallest absolute Gasteiger partial charge is 0.161 e. The first-order valence-electron chi connectivity index (χ1n) is 7.11. The average molecular weight is 285 g/mol. The number of likely N-dealkylation sites (tertiary alicyclic amines) is 1. The third-order valence-electron chi connectivity index (χ3n) is 4.28. The maximum absolute atomic E-state index is 13.7. The molecule has 2 nitrogen and oxygen atoms in total. The van der Waals surface area contributed by atoms with E-state index in [1.54, 1.807) is 0 Å². The first-order valence-corrected chi connectivity index (χ1v) is 7.11. The molecular formula is C15H18F3NO. The molecule has 110 valence electrons. The van der Waals surface area contributed by atoms with Gasteiger partial charge in [-0.15, -0.1) is 0 Å². The number of rotatable bonds is 2. The molecule has 0 saturated carbocycles. The number of hydrogen-bond donors (Lipinski definition) is 0. The van der Waals surface area contributed by atoms with Crippen molar-refractivity contribution < 1.29 is 17.9 Å². The van der Waals surface area contributed by atoms with Gasteiger partial charge in [0.2, 0.25) is 0 Å². The van der Waals surface area contributed by atoms with Crippen LogP contribution in [0.5, 0.6) is 0 Å². The maximum Gasteiger partial charge on any atom is 0.161 e. The summed E-state index contributed by atoms with van der Waals surface area (Å²) in [5.41, 5.74) is 0.221. The molecule has 2 aliphatic rings. The molecule has 0 aromatic heterocycles. The summed E-state index contributed by atoms with van der Waals surface area (Å²) in [4.78, 5) is 2.10. The van der Waals surface area contributed by atoms with Crippen LogP contribution in [0.25, 0.3) is 0 Å². The summed E-state index contributed by atoms with van der Waals surface area (Å²) in [6.07, 6.45) is 3.43. The predicted octanol–water partition coefficient (Wildman–Crippen LogP) is 3.10. The molecule has 1 aromatic rings. The van der Waals surface area contributed by atoms with Crippen molar-refractivity contribution in [1.82, 2.24) is 4.90 Å². The van der Waals surface area contributed by atoms with Crippen molar-refractivity contribution in [2.75, 3.05) is 19.7 Å². The van der Waals surface area contributed by atoms with Crippen LogP contribution in [0.3, 0.4) is 0 Å². The predicted molar refractivity (Wildman–Crippen MR) is 68.7 cm³/mol. The second-order valence-electron chi connectivity index (χ2n) is 5.69. The van der Waals surface area contributed by atoms with Gasteiger partial charge in [0.1, 0.15) is 5.82 Å². The van der Waals surface area contributed by atoms with Gasteiger partial charge in [0.15, 0.2) is 11.6 Å². The van der Waals surface area contributed by atoms with Crippen molar-refractivity contribution in [2.24, 2.45) is 5.92 Å². The molecule has 0 spiro atoms. The molecule has 3 rings (SSSR count). The van der Waals surface area contributed by atoms with Crippen LogP contribution in [0.2, 0.25) is 0 Å². The number of nitrogens with zero attached hydrogens (tertiary/aromatic N) is 1. The van der Waals surface area contributed by atoms with Gasteiger partial charge in [0, 0.05) is 37.9 Å². The molecular weight excluding hydrogens is 267 g/mol. The van der Waals surface area contributed by atoms with Gasteiger partial charge in [-0.3, -0.25) is 4.90 Å². The first-order chi connectivity index (χ1) is 9.63. The lowest BCUT2D eigenvalue weighted by molar-refractivity contribution is -0.0677. The zero-order chi connectivity index (χ0) is 14.1. The third-order valence-corrected chi connectivity index (χ3v) is 4.28. The number of benzene rings is 1. The molecule has 0 bridgehead atoms. The number of halogens is 3. The van der Waals surface area contributed by atoms with E-state index in [1.165, 1.54) is 0 Å². The standard InChI is InChI=1S/C15H18F3NO/c16-12-7-14(18)13(17)6-11(12)9-19-4-3-15-10(8-19)2-1-5-20-15/h6-7,10,15H,1-5,8-9H2/t10-,15-/m0/s1. The van der Waals surface area contributed by atoms with Crippen LogP contribution < -0.4 is 0 Å². The fourth-order valence-corrected chi connectivity index (χ4v) is 3.23. The van der Waals surface area contributed by atoms with Crippen LogP contribution in [-0.4, -0.2) is 30.7 Å². The quantitative estimate of drug-likeness (QED) is 0.774. The van der Waals surface area contributed by atoms with Crippen LogP contribution in [0.15, 0.2) is 12.1 Å². The highest BCUT2D eigenvalue weighted by Gasteiger charge is 2.32. The van der Waals surface area contributed by atoms with Gasteiger partial charge in [0.25, 0.3) is 0 Å². The Hall–Kier alpha value is -1.07.